The number of nitrogens with zero attached hydrogens (tertiary/aromatic N) is 3. The van der Waals surface area contributed by atoms with Gasteiger partial charge in [-0.1, -0.05) is 12.1 Å². The van der Waals surface area contributed by atoms with E-state index in [0.717, 1.165) is 22.3 Å². The number of pyridine rings is 1. The maximum Gasteiger partial charge on any atom is 0.248 e. The molecule has 172 valence electrons. The zero-order valence-electron chi connectivity index (χ0n) is 18.4. The lowest BCUT2D eigenvalue weighted by atomic mass is 10.0. The first kappa shape index (κ1) is 22.9. The lowest BCUT2D eigenvalue weighted by molar-refractivity contribution is -0.111. The summed E-state index contributed by atoms with van der Waals surface area (Å²) in [5.74, 6) is 0.281. The Morgan fingerprint density at radius 2 is 1.91 bits per heavy atom. The lowest BCUT2D eigenvalue weighted by Crippen LogP contribution is -2.37. The van der Waals surface area contributed by atoms with Crippen LogP contribution in [-0.2, 0) is 28.2 Å². The Kier molecular flexibility index (Phi) is 7.00. The quantitative estimate of drug-likeness (QED) is 0.520. The molecule has 1 fully saturated rings. The summed E-state index contributed by atoms with van der Waals surface area (Å²) in [4.78, 5) is 16.6. The molecule has 1 aliphatic rings. The van der Waals surface area contributed by atoms with E-state index in [1.165, 1.54) is 6.08 Å². The first-order chi connectivity index (χ1) is 15.9. The van der Waals surface area contributed by atoms with Crippen molar-refractivity contribution in [2.45, 2.75) is 25.4 Å². The molecule has 33 heavy (non-hydrogen) atoms. The molecule has 8 nitrogen and oxygen atoms in total. The van der Waals surface area contributed by atoms with Gasteiger partial charge in [0.15, 0.2) is 0 Å². The van der Waals surface area contributed by atoms with Crippen LogP contribution in [0.15, 0.2) is 61.2 Å². The Morgan fingerprint density at radius 1 is 1.15 bits per heavy atom. The molecule has 0 unspecified atom stereocenters. The fourth-order valence-electron chi connectivity index (χ4n) is 3.77. The third-order valence-corrected chi connectivity index (χ3v) is 7.37. The van der Waals surface area contributed by atoms with Gasteiger partial charge in [0.2, 0.25) is 5.91 Å². The molecule has 0 saturated carbocycles. The van der Waals surface area contributed by atoms with Crippen LogP contribution in [0.25, 0.3) is 17.2 Å². The SMILES string of the molecule is Cn1cc(-c2ccncc2/C=C/C(=O)Nc2ccc(CNC3CCS(=O)(=O)CC3)cc2)cn1. The van der Waals surface area contributed by atoms with E-state index in [-0.39, 0.29) is 23.5 Å². The summed E-state index contributed by atoms with van der Waals surface area (Å²) in [5, 5.41) is 10.5. The minimum absolute atomic E-state index is 0.224. The molecule has 1 aromatic carbocycles. The maximum absolute atomic E-state index is 12.4. The average Bonchev–Trinajstić information content (AvgIpc) is 3.24. The van der Waals surface area contributed by atoms with Crippen LogP contribution in [0.5, 0.6) is 0 Å². The number of aryl methyl sites for hydroxylation is 1. The minimum Gasteiger partial charge on any atom is -0.323 e. The fourth-order valence-corrected chi connectivity index (χ4v) is 5.27. The molecule has 2 N–H and O–H groups in total. The Balaban J connectivity index is 1.31. The third kappa shape index (κ3) is 6.36. The standard InChI is InChI=1S/C24H27N5O3S/c1-29-17-20(16-27-29)23-8-11-25-15-19(23)4-7-24(30)28-22-5-2-18(3-6-22)14-26-21-9-12-33(31,32)13-10-21/h2-8,11,15-17,21,26H,9-10,12-14H2,1H3,(H,28,30)/b7-4+. The van der Waals surface area contributed by atoms with Crippen LogP contribution < -0.4 is 10.6 Å². The van der Waals surface area contributed by atoms with Crippen molar-refractivity contribution in [3.8, 4) is 11.1 Å². The predicted molar refractivity (Wildman–Crippen MR) is 129 cm³/mol. The first-order valence-electron chi connectivity index (χ1n) is 10.8. The zero-order chi connectivity index (χ0) is 23.3. The van der Waals surface area contributed by atoms with Gasteiger partial charge < -0.3 is 10.6 Å². The largest absolute Gasteiger partial charge is 0.323 e. The number of hydrogen-bond donors (Lipinski definition) is 2. The number of anilines is 1. The van der Waals surface area contributed by atoms with Crippen molar-refractivity contribution in [3.05, 3.63) is 72.3 Å². The molecule has 3 aromatic rings. The molecule has 3 heterocycles. The van der Waals surface area contributed by atoms with Crippen molar-refractivity contribution >= 4 is 27.5 Å². The van der Waals surface area contributed by atoms with E-state index in [1.807, 2.05) is 43.6 Å². The molecule has 4 rings (SSSR count). The van der Waals surface area contributed by atoms with Gasteiger partial charge in [-0.15, -0.1) is 0 Å². The minimum atomic E-state index is -2.85. The van der Waals surface area contributed by atoms with E-state index >= 15 is 0 Å². The van der Waals surface area contributed by atoms with Gasteiger partial charge in [-0.25, -0.2) is 8.42 Å². The van der Waals surface area contributed by atoms with E-state index < -0.39 is 9.84 Å². The smallest absolute Gasteiger partial charge is 0.248 e. The summed E-state index contributed by atoms with van der Waals surface area (Å²) in [6.07, 6.45) is 11.7. The molecule has 0 radical (unpaired) electrons. The Hall–Kier alpha value is -3.30. The van der Waals surface area contributed by atoms with Gasteiger partial charge >= 0.3 is 0 Å². The Bertz CT molecular complexity index is 1240. The topological polar surface area (TPSA) is 106 Å². The van der Waals surface area contributed by atoms with Crippen molar-refractivity contribution in [1.29, 1.82) is 0 Å². The van der Waals surface area contributed by atoms with Crippen LogP contribution in [0.2, 0.25) is 0 Å². The van der Waals surface area contributed by atoms with Gasteiger partial charge in [0.25, 0.3) is 0 Å². The number of aromatic nitrogens is 3. The second-order valence-electron chi connectivity index (χ2n) is 8.19. The van der Waals surface area contributed by atoms with Gasteiger partial charge in [-0.3, -0.25) is 14.5 Å². The fraction of sp³-hybridized carbons (Fsp3) is 0.292. The highest BCUT2D eigenvalue weighted by molar-refractivity contribution is 7.91. The van der Waals surface area contributed by atoms with Crippen molar-refractivity contribution in [2.24, 2.45) is 7.05 Å². The Labute approximate surface area is 193 Å². The van der Waals surface area contributed by atoms with Crippen LogP contribution in [0.4, 0.5) is 5.69 Å². The normalized spacial score (nSPS) is 16.2. The molecule has 1 aliphatic heterocycles. The van der Waals surface area contributed by atoms with Crippen LogP contribution in [-0.4, -0.2) is 46.6 Å². The summed E-state index contributed by atoms with van der Waals surface area (Å²) in [6.45, 7) is 0.664. The van der Waals surface area contributed by atoms with Crippen molar-refractivity contribution in [3.63, 3.8) is 0 Å². The molecule has 0 spiro atoms. The molecular weight excluding hydrogens is 438 g/mol. The predicted octanol–water partition coefficient (Wildman–Crippen LogP) is 2.80. The molecule has 0 bridgehead atoms. The molecular formula is C24H27N5O3S. The number of nitrogens with one attached hydrogen (secondary N) is 2. The van der Waals surface area contributed by atoms with Gasteiger partial charge in [0, 0.05) is 61.1 Å². The molecule has 0 atom stereocenters. The molecule has 0 aliphatic carbocycles. The third-order valence-electron chi connectivity index (χ3n) is 5.65. The summed E-state index contributed by atoms with van der Waals surface area (Å²) in [7, 11) is -0.988. The van der Waals surface area contributed by atoms with E-state index in [2.05, 4.69) is 20.7 Å². The highest BCUT2D eigenvalue weighted by atomic mass is 32.2. The van der Waals surface area contributed by atoms with Crippen molar-refractivity contribution in [2.75, 3.05) is 16.8 Å². The average molecular weight is 466 g/mol. The maximum atomic E-state index is 12.4. The van der Waals surface area contributed by atoms with Gasteiger partial charge in [0.05, 0.1) is 17.7 Å². The van der Waals surface area contributed by atoms with Crippen molar-refractivity contribution in [1.82, 2.24) is 20.1 Å². The number of carbonyl (C=O) groups is 1. The van der Waals surface area contributed by atoms with Gasteiger partial charge in [-0.05, 0) is 48.2 Å². The number of rotatable bonds is 7. The van der Waals surface area contributed by atoms with E-state index in [0.29, 0.717) is 25.1 Å². The molecule has 1 amide bonds. The number of carbonyl (C=O) groups excluding carboxylic acids is 1. The summed E-state index contributed by atoms with van der Waals surface area (Å²) < 4.78 is 24.8. The summed E-state index contributed by atoms with van der Waals surface area (Å²) >= 11 is 0. The van der Waals surface area contributed by atoms with Crippen LogP contribution >= 0.6 is 0 Å². The summed E-state index contributed by atoms with van der Waals surface area (Å²) in [5.41, 5.74) is 4.52. The highest BCUT2D eigenvalue weighted by Gasteiger charge is 2.22. The highest BCUT2D eigenvalue weighted by Crippen LogP contribution is 2.23. The molecule has 2 aromatic heterocycles. The first-order valence-corrected chi connectivity index (χ1v) is 12.6. The zero-order valence-corrected chi connectivity index (χ0v) is 19.3. The van der Waals surface area contributed by atoms with Crippen LogP contribution in [0, 0.1) is 0 Å². The second-order valence-corrected chi connectivity index (χ2v) is 10.5. The van der Waals surface area contributed by atoms with E-state index in [9.17, 15) is 13.2 Å². The van der Waals surface area contributed by atoms with Crippen molar-refractivity contribution < 1.29 is 13.2 Å². The number of hydrogen-bond acceptors (Lipinski definition) is 6. The van der Waals surface area contributed by atoms with Crippen LogP contribution in [0.1, 0.15) is 24.0 Å². The lowest BCUT2D eigenvalue weighted by Gasteiger charge is -2.23. The molecule has 9 heteroatoms. The second kappa shape index (κ2) is 10.1. The monoisotopic (exact) mass is 465 g/mol. The molecule has 1 saturated heterocycles. The van der Waals surface area contributed by atoms with E-state index in [1.54, 1.807) is 29.3 Å². The number of sulfone groups is 1. The number of benzene rings is 1. The Morgan fingerprint density at radius 3 is 2.61 bits per heavy atom. The van der Waals surface area contributed by atoms with Crippen LogP contribution in [0.3, 0.4) is 0 Å². The summed E-state index contributed by atoms with van der Waals surface area (Å²) in [6, 6.07) is 9.75. The van der Waals surface area contributed by atoms with E-state index in [4.69, 9.17) is 0 Å². The number of amides is 1. The van der Waals surface area contributed by atoms with Gasteiger partial charge in [0.1, 0.15) is 9.84 Å². The van der Waals surface area contributed by atoms with Gasteiger partial charge in [-0.2, -0.15) is 5.10 Å².